The van der Waals surface area contributed by atoms with Gasteiger partial charge in [-0.3, -0.25) is 4.98 Å². The van der Waals surface area contributed by atoms with Crippen molar-refractivity contribution < 1.29 is 9.90 Å². The molecule has 1 aromatic rings. The van der Waals surface area contributed by atoms with Gasteiger partial charge in [0.05, 0.1) is 11.4 Å². The highest BCUT2D eigenvalue weighted by Gasteiger charge is 2.26. The lowest BCUT2D eigenvalue weighted by molar-refractivity contribution is -0.141. The zero-order valence-corrected chi connectivity index (χ0v) is 8.53. The summed E-state index contributed by atoms with van der Waals surface area (Å²) in [4.78, 5) is 14.9. The molecule has 1 rings (SSSR count). The van der Waals surface area contributed by atoms with E-state index in [1.165, 1.54) is 0 Å². The second-order valence-electron chi connectivity index (χ2n) is 3.69. The molecule has 0 aliphatic heterocycles. The Hall–Kier alpha value is -1.58. The molecule has 14 heavy (non-hydrogen) atoms. The topological polar surface area (TPSA) is 62.2 Å². The van der Waals surface area contributed by atoms with Crippen LogP contribution >= 0.6 is 0 Å². The van der Waals surface area contributed by atoms with Crippen molar-refractivity contribution in [2.75, 3.05) is 5.32 Å². The highest BCUT2D eigenvalue weighted by molar-refractivity contribution is 5.81. The number of carbonyl (C=O) groups is 1. The van der Waals surface area contributed by atoms with E-state index in [-0.39, 0.29) is 0 Å². The summed E-state index contributed by atoms with van der Waals surface area (Å²) in [6.45, 7) is 5.06. The summed E-state index contributed by atoms with van der Waals surface area (Å²) in [6.07, 6.45) is 1.67. The quantitative estimate of drug-likeness (QED) is 0.768. The molecule has 0 aliphatic carbocycles. The summed E-state index contributed by atoms with van der Waals surface area (Å²) in [5.74, 6) is -0.888. The number of pyridine rings is 1. The van der Waals surface area contributed by atoms with Crippen molar-refractivity contribution in [2.24, 2.45) is 0 Å². The highest BCUT2D eigenvalue weighted by Crippen LogP contribution is 2.17. The molecule has 0 unspecified atom stereocenters. The molecule has 4 nitrogen and oxygen atoms in total. The number of carboxylic acid groups (broad SMARTS) is 1. The average Bonchev–Trinajstić information content (AvgIpc) is 2.08. The Morgan fingerprint density at radius 3 is 2.71 bits per heavy atom. The van der Waals surface area contributed by atoms with Gasteiger partial charge in [-0.15, -0.1) is 0 Å². The first-order valence-corrected chi connectivity index (χ1v) is 4.36. The molecule has 0 aromatic carbocycles. The number of anilines is 1. The van der Waals surface area contributed by atoms with Crippen LogP contribution in [0.25, 0.3) is 0 Å². The fraction of sp³-hybridized carbons (Fsp3) is 0.400. The number of nitrogens with one attached hydrogen (secondary N) is 1. The first-order chi connectivity index (χ1) is 6.43. The van der Waals surface area contributed by atoms with Gasteiger partial charge in [0, 0.05) is 6.20 Å². The van der Waals surface area contributed by atoms with Gasteiger partial charge in [0.1, 0.15) is 5.54 Å². The van der Waals surface area contributed by atoms with Gasteiger partial charge >= 0.3 is 5.97 Å². The van der Waals surface area contributed by atoms with Crippen molar-refractivity contribution >= 4 is 11.7 Å². The third-order valence-corrected chi connectivity index (χ3v) is 1.99. The van der Waals surface area contributed by atoms with Crippen LogP contribution in [0.2, 0.25) is 0 Å². The summed E-state index contributed by atoms with van der Waals surface area (Å²) in [7, 11) is 0. The Morgan fingerprint density at radius 2 is 2.21 bits per heavy atom. The van der Waals surface area contributed by atoms with E-state index in [0.29, 0.717) is 0 Å². The molecule has 0 aliphatic rings. The zero-order chi connectivity index (χ0) is 10.8. The molecule has 1 aromatic heterocycles. The van der Waals surface area contributed by atoms with E-state index in [9.17, 15) is 4.79 Å². The number of hydrogen-bond acceptors (Lipinski definition) is 3. The van der Waals surface area contributed by atoms with Crippen LogP contribution in [0.4, 0.5) is 5.69 Å². The van der Waals surface area contributed by atoms with Crippen molar-refractivity contribution in [1.82, 2.24) is 4.98 Å². The van der Waals surface area contributed by atoms with Crippen molar-refractivity contribution in [3.63, 3.8) is 0 Å². The Balaban J connectivity index is 2.89. The molecule has 76 valence electrons. The molecule has 2 N–H and O–H groups in total. The van der Waals surface area contributed by atoms with E-state index in [1.807, 2.05) is 13.0 Å². The van der Waals surface area contributed by atoms with E-state index in [0.717, 1.165) is 11.4 Å². The molecular weight excluding hydrogens is 180 g/mol. The number of aliphatic carboxylic acids is 1. The fourth-order valence-corrected chi connectivity index (χ4v) is 1.01. The summed E-state index contributed by atoms with van der Waals surface area (Å²) in [5, 5.41) is 11.8. The Labute approximate surface area is 83.0 Å². The summed E-state index contributed by atoms with van der Waals surface area (Å²) in [5.41, 5.74) is 0.565. The molecule has 0 atom stereocenters. The van der Waals surface area contributed by atoms with Crippen LogP contribution in [0.3, 0.4) is 0 Å². The molecule has 0 amide bonds. The van der Waals surface area contributed by atoms with Crippen LogP contribution in [-0.4, -0.2) is 21.6 Å². The Morgan fingerprint density at radius 1 is 1.57 bits per heavy atom. The third kappa shape index (κ3) is 2.22. The van der Waals surface area contributed by atoms with Gasteiger partial charge in [0.15, 0.2) is 0 Å². The number of aryl methyl sites for hydroxylation is 1. The lowest BCUT2D eigenvalue weighted by atomic mass is 10.1. The monoisotopic (exact) mass is 194 g/mol. The van der Waals surface area contributed by atoms with E-state index in [4.69, 9.17) is 5.11 Å². The molecule has 1 heterocycles. The third-order valence-electron chi connectivity index (χ3n) is 1.99. The van der Waals surface area contributed by atoms with Crippen LogP contribution in [-0.2, 0) is 4.79 Å². The molecule has 0 bridgehead atoms. The number of rotatable bonds is 3. The van der Waals surface area contributed by atoms with Crippen molar-refractivity contribution in [3.8, 4) is 0 Å². The molecule has 0 fully saturated rings. The van der Waals surface area contributed by atoms with E-state index in [2.05, 4.69) is 10.3 Å². The van der Waals surface area contributed by atoms with Gasteiger partial charge in [0.25, 0.3) is 0 Å². The maximum absolute atomic E-state index is 10.9. The van der Waals surface area contributed by atoms with Crippen molar-refractivity contribution in [1.29, 1.82) is 0 Å². The number of hydrogen-bond donors (Lipinski definition) is 2. The average molecular weight is 194 g/mol. The highest BCUT2D eigenvalue weighted by atomic mass is 16.4. The van der Waals surface area contributed by atoms with Crippen LogP contribution < -0.4 is 5.32 Å². The van der Waals surface area contributed by atoms with Crippen LogP contribution in [0, 0.1) is 6.92 Å². The summed E-state index contributed by atoms with van der Waals surface area (Å²) in [6, 6.07) is 3.58. The molecule has 0 saturated heterocycles. The maximum Gasteiger partial charge on any atom is 0.328 e. The minimum Gasteiger partial charge on any atom is -0.480 e. The Kier molecular flexibility index (Phi) is 2.74. The molecule has 0 radical (unpaired) electrons. The van der Waals surface area contributed by atoms with Crippen LogP contribution in [0.1, 0.15) is 19.5 Å². The number of aromatic nitrogens is 1. The number of carboxylic acids is 1. The van der Waals surface area contributed by atoms with Gasteiger partial charge in [0.2, 0.25) is 0 Å². The van der Waals surface area contributed by atoms with Gasteiger partial charge in [-0.25, -0.2) is 4.79 Å². The second kappa shape index (κ2) is 3.65. The fourth-order valence-electron chi connectivity index (χ4n) is 1.01. The van der Waals surface area contributed by atoms with E-state index >= 15 is 0 Å². The Bertz CT molecular complexity index is 348. The van der Waals surface area contributed by atoms with Crippen molar-refractivity contribution in [3.05, 3.63) is 24.0 Å². The minimum atomic E-state index is -0.978. The predicted molar refractivity (Wildman–Crippen MR) is 54.3 cm³/mol. The van der Waals surface area contributed by atoms with Gasteiger partial charge < -0.3 is 10.4 Å². The molecular formula is C10H14N2O2. The smallest absolute Gasteiger partial charge is 0.328 e. The van der Waals surface area contributed by atoms with Gasteiger partial charge in [-0.05, 0) is 32.9 Å². The summed E-state index contributed by atoms with van der Waals surface area (Å²) >= 11 is 0. The standard InChI is InChI=1S/C10H14N2O2/c1-7-8(5-4-6-11-7)12-10(2,3)9(13)14/h4-6,12H,1-3H3,(H,13,14). The van der Waals surface area contributed by atoms with E-state index < -0.39 is 11.5 Å². The first-order valence-electron chi connectivity index (χ1n) is 4.36. The maximum atomic E-state index is 10.9. The van der Waals surface area contributed by atoms with Crippen LogP contribution in [0.15, 0.2) is 18.3 Å². The zero-order valence-electron chi connectivity index (χ0n) is 8.53. The molecule has 0 spiro atoms. The minimum absolute atomic E-state index is 0.750. The van der Waals surface area contributed by atoms with Gasteiger partial charge in [-0.1, -0.05) is 0 Å². The second-order valence-corrected chi connectivity index (χ2v) is 3.69. The normalized spacial score (nSPS) is 11.1. The SMILES string of the molecule is Cc1ncccc1NC(C)(C)C(=O)O. The summed E-state index contributed by atoms with van der Waals surface area (Å²) < 4.78 is 0. The lowest BCUT2D eigenvalue weighted by Crippen LogP contribution is -2.40. The predicted octanol–water partition coefficient (Wildman–Crippen LogP) is 1.67. The van der Waals surface area contributed by atoms with E-state index in [1.54, 1.807) is 26.1 Å². The van der Waals surface area contributed by atoms with Crippen molar-refractivity contribution in [2.45, 2.75) is 26.3 Å². The van der Waals surface area contributed by atoms with Crippen LogP contribution in [0.5, 0.6) is 0 Å². The molecule has 4 heteroatoms. The molecule has 0 saturated carbocycles. The number of nitrogens with zero attached hydrogens (tertiary/aromatic N) is 1. The van der Waals surface area contributed by atoms with Gasteiger partial charge in [-0.2, -0.15) is 0 Å². The first kappa shape index (κ1) is 10.5. The lowest BCUT2D eigenvalue weighted by Gasteiger charge is -2.23. The largest absolute Gasteiger partial charge is 0.480 e.